The summed E-state index contributed by atoms with van der Waals surface area (Å²) >= 11 is 0. The summed E-state index contributed by atoms with van der Waals surface area (Å²) in [7, 11) is 0. The minimum absolute atomic E-state index is 0.0242. The fourth-order valence-electron chi connectivity index (χ4n) is 3.88. The number of imidazole rings is 1. The van der Waals surface area contributed by atoms with E-state index < -0.39 is 0 Å². The van der Waals surface area contributed by atoms with Crippen LogP contribution in [0.15, 0.2) is 60.7 Å². The van der Waals surface area contributed by atoms with Crippen LogP contribution in [0.4, 0.5) is 10.3 Å². The monoisotopic (exact) mass is 372 g/mol. The van der Waals surface area contributed by atoms with Gasteiger partial charge in [0.25, 0.3) is 0 Å². The molecular formula is C22H17FN4O. The van der Waals surface area contributed by atoms with Gasteiger partial charge in [0, 0.05) is 17.5 Å². The van der Waals surface area contributed by atoms with E-state index in [1.54, 1.807) is 16.6 Å². The third kappa shape index (κ3) is 2.65. The number of Topliss-reactive ketones (excluding diaryl/α,β-unsaturated/α-hetero) is 1. The minimum Gasteiger partial charge on any atom is -0.368 e. The fraction of sp³-hybridized carbons (Fsp3) is 0.136. The lowest BCUT2D eigenvalue weighted by Crippen LogP contribution is -2.21. The maximum Gasteiger partial charge on any atom is 0.222 e. The average molecular weight is 372 g/mol. The van der Waals surface area contributed by atoms with Gasteiger partial charge in [-0.2, -0.15) is 9.61 Å². The third-order valence-corrected chi connectivity index (χ3v) is 5.29. The number of aromatic nitrogens is 3. The number of halogens is 1. The lowest BCUT2D eigenvalue weighted by atomic mass is 9.82. The number of nitrogen functional groups attached to an aromatic ring is 1. The van der Waals surface area contributed by atoms with E-state index in [0.717, 1.165) is 16.6 Å². The molecule has 6 heteroatoms. The van der Waals surface area contributed by atoms with Gasteiger partial charge in [-0.15, -0.1) is 0 Å². The van der Waals surface area contributed by atoms with Crippen molar-refractivity contribution >= 4 is 17.2 Å². The summed E-state index contributed by atoms with van der Waals surface area (Å²) < 4.78 is 14.8. The molecular weight excluding hydrogens is 355 g/mol. The van der Waals surface area contributed by atoms with E-state index in [0.29, 0.717) is 29.8 Å². The fourth-order valence-corrected chi connectivity index (χ4v) is 3.88. The normalized spacial score (nSPS) is 16.3. The molecule has 0 spiro atoms. The Kier molecular flexibility index (Phi) is 3.72. The molecule has 1 atom stereocenters. The Labute approximate surface area is 160 Å². The van der Waals surface area contributed by atoms with E-state index in [1.807, 2.05) is 36.4 Å². The minimum atomic E-state index is -0.286. The number of benzene rings is 2. The number of anilines is 1. The molecule has 0 amide bonds. The van der Waals surface area contributed by atoms with Crippen molar-refractivity contribution in [1.29, 1.82) is 0 Å². The molecule has 4 aromatic rings. The number of ketones is 1. The summed E-state index contributed by atoms with van der Waals surface area (Å²) in [5.74, 6) is 0.00649. The van der Waals surface area contributed by atoms with Crippen LogP contribution in [0.25, 0.3) is 16.8 Å². The second kappa shape index (κ2) is 6.27. The predicted octanol–water partition coefficient (Wildman–Crippen LogP) is 4.03. The Hall–Kier alpha value is -3.54. The Bertz CT molecular complexity index is 1200. The molecule has 0 bridgehead atoms. The van der Waals surface area contributed by atoms with E-state index in [2.05, 4.69) is 10.1 Å². The summed E-state index contributed by atoms with van der Waals surface area (Å²) in [6, 6.07) is 17.9. The van der Waals surface area contributed by atoms with Crippen molar-refractivity contribution in [1.82, 2.24) is 14.6 Å². The molecule has 0 saturated heterocycles. The highest BCUT2D eigenvalue weighted by atomic mass is 19.1. The largest absolute Gasteiger partial charge is 0.368 e. The number of carbonyl (C=O) groups excluding carboxylic acids is 1. The van der Waals surface area contributed by atoms with Gasteiger partial charge in [0.05, 0.1) is 11.2 Å². The zero-order chi connectivity index (χ0) is 19.3. The maximum atomic E-state index is 13.2. The number of nitrogens with two attached hydrogens (primary N) is 1. The number of rotatable bonds is 2. The molecule has 5 nitrogen and oxygen atoms in total. The second-order valence-corrected chi connectivity index (χ2v) is 7.07. The van der Waals surface area contributed by atoms with Crippen LogP contribution in [-0.4, -0.2) is 20.4 Å². The standard InChI is InChI=1S/C22H17FN4O/c23-16-8-6-13(7-9-16)15-10-18-17(20(28)11-15)12-19-21(14-4-2-1-3-5-14)25-22(24)27(19)26-18/h1-9,12,15H,10-11H2,(H2,24,25). The number of nitrogens with zero attached hydrogens (tertiary/aromatic N) is 3. The summed E-state index contributed by atoms with van der Waals surface area (Å²) in [6.07, 6.45) is 0.974. The molecule has 1 unspecified atom stereocenters. The Balaban J connectivity index is 1.61. The zero-order valence-electron chi connectivity index (χ0n) is 15.0. The highest BCUT2D eigenvalue weighted by molar-refractivity contribution is 6.00. The molecule has 2 N–H and O–H groups in total. The van der Waals surface area contributed by atoms with E-state index in [-0.39, 0.29) is 23.5 Å². The lowest BCUT2D eigenvalue weighted by Gasteiger charge is -2.23. The van der Waals surface area contributed by atoms with Gasteiger partial charge in [-0.05, 0) is 36.1 Å². The van der Waals surface area contributed by atoms with Gasteiger partial charge in [-0.3, -0.25) is 4.79 Å². The molecule has 2 heterocycles. The summed E-state index contributed by atoms with van der Waals surface area (Å²) in [5.41, 5.74) is 10.7. The van der Waals surface area contributed by atoms with Crippen LogP contribution in [0.1, 0.15) is 34.0 Å². The third-order valence-electron chi connectivity index (χ3n) is 5.29. The highest BCUT2D eigenvalue weighted by Gasteiger charge is 2.29. The number of hydrogen-bond donors (Lipinski definition) is 1. The van der Waals surface area contributed by atoms with E-state index >= 15 is 0 Å². The predicted molar refractivity (Wildman–Crippen MR) is 105 cm³/mol. The van der Waals surface area contributed by atoms with Crippen molar-refractivity contribution in [2.75, 3.05) is 5.73 Å². The van der Waals surface area contributed by atoms with Crippen molar-refractivity contribution in [3.8, 4) is 11.3 Å². The SMILES string of the molecule is Nc1nc(-c2ccccc2)c2cc3c(nn12)CC(c1ccc(F)cc1)CC3=O. The average Bonchev–Trinajstić information content (AvgIpc) is 3.04. The Morgan fingerprint density at radius 1 is 1.04 bits per heavy atom. The van der Waals surface area contributed by atoms with Gasteiger partial charge < -0.3 is 5.73 Å². The number of carbonyl (C=O) groups is 1. The van der Waals surface area contributed by atoms with Gasteiger partial charge in [-0.25, -0.2) is 9.37 Å². The zero-order valence-corrected chi connectivity index (χ0v) is 15.0. The Morgan fingerprint density at radius 3 is 2.54 bits per heavy atom. The first kappa shape index (κ1) is 16.6. The quantitative estimate of drug-likeness (QED) is 0.577. The van der Waals surface area contributed by atoms with Gasteiger partial charge in [0.1, 0.15) is 11.5 Å². The first-order valence-electron chi connectivity index (χ1n) is 9.12. The van der Waals surface area contributed by atoms with Crippen LogP contribution in [-0.2, 0) is 6.42 Å². The molecule has 1 aliphatic carbocycles. The molecule has 0 fully saturated rings. The van der Waals surface area contributed by atoms with Crippen LogP contribution < -0.4 is 5.73 Å². The molecule has 2 aromatic heterocycles. The number of fused-ring (bicyclic) bond motifs is 2. The van der Waals surface area contributed by atoms with Crippen molar-refractivity contribution in [2.24, 2.45) is 0 Å². The molecule has 0 aliphatic heterocycles. The van der Waals surface area contributed by atoms with Crippen molar-refractivity contribution in [3.63, 3.8) is 0 Å². The van der Waals surface area contributed by atoms with Crippen molar-refractivity contribution in [2.45, 2.75) is 18.8 Å². The molecule has 0 saturated carbocycles. The van der Waals surface area contributed by atoms with Gasteiger partial charge in [0.2, 0.25) is 5.95 Å². The molecule has 5 rings (SSSR count). The van der Waals surface area contributed by atoms with Gasteiger partial charge in [-0.1, -0.05) is 42.5 Å². The van der Waals surface area contributed by atoms with Crippen LogP contribution in [0.2, 0.25) is 0 Å². The smallest absolute Gasteiger partial charge is 0.222 e. The van der Waals surface area contributed by atoms with E-state index in [9.17, 15) is 9.18 Å². The van der Waals surface area contributed by atoms with Crippen LogP contribution in [0, 0.1) is 5.82 Å². The molecule has 2 aromatic carbocycles. The van der Waals surface area contributed by atoms with Gasteiger partial charge >= 0.3 is 0 Å². The molecule has 28 heavy (non-hydrogen) atoms. The van der Waals surface area contributed by atoms with Crippen molar-refractivity contribution in [3.05, 3.63) is 83.3 Å². The molecule has 0 radical (unpaired) electrons. The highest BCUT2D eigenvalue weighted by Crippen LogP contribution is 2.34. The first-order chi connectivity index (χ1) is 13.6. The maximum absolute atomic E-state index is 13.2. The van der Waals surface area contributed by atoms with Crippen LogP contribution in [0.3, 0.4) is 0 Å². The van der Waals surface area contributed by atoms with Crippen LogP contribution in [0.5, 0.6) is 0 Å². The summed E-state index contributed by atoms with van der Waals surface area (Å²) in [5, 5.41) is 4.64. The van der Waals surface area contributed by atoms with Crippen molar-refractivity contribution < 1.29 is 9.18 Å². The second-order valence-electron chi connectivity index (χ2n) is 7.07. The topological polar surface area (TPSA) is 73.3 Å². The van der Waals surface area contributed by atoms with Crippen LogP contribution >= 0.6 is 0 Å². The summed E-state index contributed by atoms with van der Waals surface area (Å²) in [6.45, 7) is 0. The van der Waals surface area contributed by atoms with Gasteiger partial charge in [0.15, 0.2) is 5.78 Å². The lowest BCUT2D eigenvalue weighted by molar-refractivity contribution is 0.0963. The Morgan fingerprint density at radius 2 is 1.79 bits per heavy atom. The summed E-state index contributed by atoms with van der Waals surface area (Å²) in [4.78, 5) is 17.3. The number of hydrogen-bond acceptors (Lipinski definition) is 4. The molecule has 1 aliphatic rings. The van der Waals surface area contributed by atoms with E-state index in [1.165, 1.54) is 12.1 Å². The molecule has 138 valence electrons. The van der Waals surface area contributed by atoms with E-state index in [4.69, 9.17) is 5.73 Å². The first-order valence-corrected chi connectivity index (χ1v) is 9.12.